The molecule has 0 amide bonds. The summed E-state index contributed by atoms with van der Waals surface area (Å²) in [6, 6.07) is 0. The molecule has 0 aromatic rings. The summed E-state index contributed by atoms with van der Waals surface area (Å²) in [6.45, 7) is 9.24. The quantitative estimate of drug-likeness (QED) is 0.546. The lowest BCUT2D eigenvalue weighted by Crippen LogP contribution is -2.21. The van der Waals surface area contributed by atoms with Gasteiger partial charge in [-0.1, -0.05) is 25.5 Å². The van der Waals surface area contributed by atoms with Crippen molar-refractivity contribution in [3.8, 4) is 0 Å². The first-order chi connectivity index (χ1) is 6.03. The molecule has 1 fully saturated rings. The van der Waals surface area contributed by atoms with Crippen molar-refractivity contribution in [2.24, 2.45) is 11.3 Å². The van der Waals surface area contributed by atoms with Crippen LogP contribution < -0.4 is 0 Å². The van der Waals surface area contributed by atoms with Crippen molar-refractivity contribution in [3.63, 3.8) is 0 Å². The highest BCUT2D eigenvalue weighted by Crippen LogP contribution is 2.39. The maximum absolute atomic E-state index is 2.41. The van der Waals surface area contributed by atoms with Gasteiger partial charge >= 0.3 is 0 Å². The van der Waals surface area contributed by atoms with E-state index in [0.29, 0.717) is 5.41 Å². The van der Waals surface area contributed by atoms with Gasteiger partial charge in [-0.3, -0.25) is 0 Å². The van der Waals surface area contributed by atoms with Crippen LogP contribution in [0, 0.1) is 11.3 Å². The molecule has 1 aliphatic carbocycles. The average molecular weight is 180 g/mol. The molecule has 0 spiro atoms. The fraction of sp³-hybridized carbons (Fsp3) is 0.846. The molecule has 0 radical (unpaired) electrons. The lowest BCUT2D eigenvalue weighted by atomic mass is 9.72. The van der Waals surface area contributed by atoms with E-state index < -0.39 is 0 Å². The summed E-state index contributed by atoms with van der Waals surface area (Å²) in [7, 11) is 0. The molecule has 0 unspecified atom stereocenters. The highest BCUT2D eigenvalue weighted by Gasteiger charge is 2.26. The van der Waals surface area contributed by atoms with Crippen LogP contribution in [0.1, 0.15) is 59.8 Å². The average Bonchev–Trinajstić information content (AvgIpc) is 2.08. The van der Waals surface area contributed by atoms with Gasteiger partial charge in [0.2, 0.25) is 0 Å². The Balaban J connectivity index is 2.33. The SMILES string of the molecule is C/C=C(\C)CC1CCC(C)(C)CC1. The second kappa shape index (κ2) is 4.30. The van der Waals surface area contributed by atoms with Gasteiger partial charge in [-0.15, -0.1) is 0 Å². The van der Waals surface area contributed by atoms with Crippen LogP contribution in [0.5, 0.6) is 0 Å². The molecule has 13 heavy (non-hydrogen) atoms. The van der Waals surface area contributed by atoms with E-state index in [2.05, 4.69) is 33.8 Å². The molecular formula is C13H24. The Kier molecular flexibility index (Phi) is 3.58. The zero-order chi connectivity index (χ0) is 9.90. The number of rotatable bonds is 2. The highest BCUT2D eigenvalue weighted by atomic mass is 14.3. The Bertz CT molecular complexity index is 176. The first kappa shape index (κ1) is 10.8. The van der Waals surface area contributed by atoms with Crippen LogP contribution in [-0.4, -0.2) is 0 Å². The molecule has 0 atom stereocenters. The molecule has 1 saturated carbocycles. The molecule has 0 aromatic heterocycles. The summed E-state index contributed by atoms with van der Waals surface area (Å²) in [5.74, 6) is 0.976. The first-order valence-electron chi connectivity index (χ1n) is 5.65. The molecule has 0 heterocycles. The molecule has 0 saturated heterocycles. The van der Waals surface area contributed by atoms with E-state index in [-0.39, 0.29) is 0 Å². The standard InChI is InChI=1S/C13H24/c1-5-11(2)10-12-6-8-13(3,4)9-7-12/h5,12H,6-10H2,1-4H3/b11-5+. The molecule has 0 bridgehead atoms. The lowest BCUT2D eigenvalue weighted by Gasteiger charge is -2.34. The Labute approximate surface area is 83.4 Å². The van der Waals surface area contributed by atoms with Crippen molar-refractivity contribution in [3.05, 3.63) is 11.6 Å². The molecule has 0 nitrogen and oxygen atoms in total. The summed E-state index contributed by atoms with van der Waals surface area (Å²) < 4.78 is 0. The molecular weight excluding hydrogens is 156 g/mol. The van der Waals surface area contributed by atoms with Crippen LogP contribution in [0.25, 0.3) is 0 Å². The van der Waals surface area contributed by atoms with E-state index in [0.717, 1.165) is 5.92 Å². The predicted octanol–water partition coefficient (Wildman–Crippen LogP) is 4.56. The van der Waals surface area contributed by atoms with Crippen LogP contribution in [0.3, 0.4) is 0 Å². The largest absolute Gasteiger partial charge is 0.0887 e. The summed E-state index contributed by atoms with van der Waals surface area (Å²) >= 11 is 0. The van der Waals surface area contributed by atoms with E-state index >= 15 is 0 Å². The van der Waals surface area contributed by atoms with E-state index in [4.69, 9.17) is 0 Å². The minimum absolute atomic E-state index is 0.625. The molecule has 0 aromatic carbocycles. The summed E-state index contributed by atoms with van der Waals surface area (Å²) in [6.07, 6.45) is 9.34. The maximum Gasteiger partial charge on any atom is -0.0295 e. The second-order valence-electron chi connectivity index (χ2n) is 5.45. The van der Waals surface area contributed by atoms with Crippen molar-refractivity contribution in [1.82, 2.24) is 0 Å². The normalized spacial score (nSPS) is 24.8. The van der Waals surface area contributed by atoms with Crippen molar-refractivity contribution >= 4 is 0 Å². The molecule has 1 aliphatic rings. The Morgan fingerprint density at radius 3 is 2.31 bits per heavy atom. The van der Waals surface area contributed by atoms with Gasteiger partial charge in [-0.05, 0) is 57.3 Å². The minimum Gasteiger partial charge on any atom is -0.0887 e. The van der Waals surface area contributed by atoms with Crippen LogP contribution in [-0.2, 0) is 0 Å². The fourth-order valence-electron chi connectivity index (χ4n) is 2.24. The third-order valence-electron chi connectivity index (χ3n) is 3.56. The molecule has 0 N–H and O–H groups in total. The van der Waals surface area contributed by atoms with Crippen LogP contribution in [0.2, 0.25) is 0 Å². The van der Waals surface area contributed by atoms with Gasteiger partial charge in [0.15, 0.2) is 0 Å². The van der Waals surface area contributed by atoms with Crippen molar-refractivity contribution in [1.29, 1.82) is 0 Å². The van der Waals surface area contributed by atoms with E-state index in [1.54, 1.807) is 5.57 Å². The Morgan fingerprint density at radius 2 is 1.85 bits per heavy atom. The van der Waals surface area contributed by atoms with Crippen molar-refractivity contribution in [2.75, 3.05) is 0 Å². The highest BCUT2D eigenvalue weighted by molar-refractivity contribution is 4.98. The maximum atomic E-state index is 2.41. The van der Waals surface area contributed by atoms with E-state index in [1.165, 1.54) is 32.1 Å². The zero-order valence-corrected chi connectivity index (χ0v) is 9.69. The minimum atomic E-state index is 0.625. The Hall–Kier alpha value is -0.260. The van der Waals surface area contributed by atoms with E-state index in [9.17, 15) is 0 Å². The van der Waals surface area contributed by atoms with Crippen molar-refractivity contribution < 1.29 is 0 Å². The fourth-order valence-corrected chi connectivity index (χ4v) is 2.24. The topological polar surface area (TPSA) is 0 Å². The molecule has 76 valence electrons. The lowest BCUT2D eigenvalue weighted by molar-refractivity contribution is 0.191. The Morgan fingerprint density at radius 1 is 1.31 bits per heavy atom. The number of hydrogen-bond donors (Lipinski definition) is 0. The molecule has 1 rings (SSSR count). The zero-order valence-electron chi connectivity index (χ0n) is 9.69. The first-order valence-corrected chi connectivity index (χ1v) is 5.65. The second-order valence-corrected chi connectivity index (χ2v) is 5.45. The van der Waals surface area contributed by atoms with Gasteiger partial charge < -0.3 is 0 Å². The van der Waals surface area contributed by atoms with Crippen LogP contribution in [0.4, 0.5) is 0 Å². The van der Waals surface area contributed by atoms with Gasteiger partial charge in [-0.25, -0.2) is 0 Å². The summed E-state index contributed by atoms with van der Waals surface area (Å²) in [4.78, 5) is 0. The van der Waals surface area contributed by atoms with Gasteiger partial charge in [0.25, 0.3) is 0 Å². The molecule has 0 aliphatic heterocycles. The van der Waals surface area contributed by atoms with E-state index in [1.807, 2.05) is 0 Å². The smallest absolute Gasteiger partial charge is 0.0295 e. The third kappa shape index (κ3) is 3.54. The number of hydrogen-bond acceptors (Lipinski definition) is 0. The monoisotopic (exact) mass is 180 g/mol. The summed E-state index contributed by atoms with van der Waals surface area (Å²) in [5.41, 5.74) is 2.20. The van der Waals surface area contributed by atoms with Crippen molar-refractivity contribution in [2.45, 2.75) is 59.8 Å². The van der Waals surface area contributed by atoms with Gasteiger partial charge in [0.05, 0.1) is 0 Å². The van der Waals surface area contributed by atoms with Gasteiger partial charge in [0.1, 0.15) is 0 Å². The number of allylic oxidation sites excluding steroid dienone is 2. The predicted molar refractivity (Wildman–Crippen MR) is 59.8 cm³/mol. The molecule has 0 heteroatoms. The van der Waals surface area contributed by atoms with Gasteiger partial charge in [0, 0.05) is 0 Å². The summed E-state index contributed by atoms with van der Waals surface area (Å²) in [5, 5.41) is 0. The van der Waals surface area contributed by atoms with Crippen LogP contribution in [0.15, 0.2) is 11.6 Å². The van der Waals surface area contributed by atoms with Crippen LogP contribution >= 0.6 is 0 Å². The van der Waals surface area contributed by atoms with Gasteiger partial charge in [-0.2, -0.15) is 0 Å². The third-order valence-corrected chi connectivity index (χ3v) is 3.56.